The van der Waals surface area contributed by atoms with Crippen LogP contribution in [0.3, 0.4) is 0 Å². The molecule has 20 heavy (non-hydrogen) atoms. The number of anilines is 1. The molecule has 5 nitrogen and oxygen atoms in total. The van der Waals surface area contributed by atoms with Crippen LogP contribution in [0.2, 0.25) is 0 Å². The van der Waals surface area contributed by atoms with E-state index in [2.05, 4.69) is 5.32 Å². The van der Waals surface area contributed by atoms with Crippen molar-refractivity contribution in [2.75, 3.05) is 25.0 Å². The van der Waals surface area contributed by atoms with Gasteiger partial charge in [-0.05, 0) is 31.0 Å². The lowest BCUT2D eigenvalue weighted by Gasteiger charge is -2.29. The highest BCUT2D eigenvalue weighted by Gasteiger charge is 2.18. The number of nitrogens with one attached hydrogen (secondary N) is 1. The average Bonchev–Trinajstić information content (AvgIpc) is 2.43. The molecule has 1 fully saturated rings. The number of benzene rings is 1. The highest BCUT2D eigenvalue weighted by atomic mass is 19.1. The Morgan fingerprint density at radius 3 is 2.80 bits per heavy atom. The molecule has 0 atom stereocenters. The Balaban J connectivity index is 1.90. The van der Waals surface area contributed by atoms with E-state index in [-0.39, 0.29) is 29.7 Å². The van der Waals surface area contributed by atoms with Crippen molar-refractivity contribution in [3.8, 4) is 6.07 Å². The van der Waals surface area contributed by atoms with E-state index in [4.69, 9.17) is 11.0 Å². The highest BCUT2D eigenvalue weighted by Crippen LogP contribution is 2.15. The number of amides is 1. The predicted octanol–water partition coefficient (Wildman–Crippen LogP) is 1.06. The van der Waals surface area contributed by atoms with Crippen LogP contribution in [0, 0.1) is 17.1 Å². The third-order valence-electron chi connectivity index (χ3n) is 3.37. The van der Waals surface area contributed by atoms with E-state index in [0.29, 0.717) is 0 Å². The van der Waals surface area contributed by atoms with Gasteiger partial charge in [-0.2, -0.15) is 5.26 Å². The number of nitrogens with zero attached hydrogens (tertiary/aromatic N) is 2. The number of hydrogen-bond donors (Lipinski definition) is 2. The Kier molecular flexibility index (Phi) is 4.66. The van der Waals surface area contributed by atoms with Gasteiger partial charge in [-0.25, -0.2) is 4.39 Å². The van der Waals surface area contributed by atoms with Gasteiger partial charge in [0.15, 0.2) is 0 Å². The molecule has 1 saturated heterocycles. The van der Waals surface area contributed by atoms with E-state index in [1.165, 1.54) is 12.1 Å². The van der Waals surface area contributed by atoms with Gasteiger partial charge in [0.1, 0.15) is 5.82 Å². The summed E-state index contributed by atoms with van der Waals surface area (Å²) in [6.07, 6.45) is 1.75. The number of carbonyl (C=O) groups excluding carboxylic acids is 1. The number of hydrogen-bond acceptors (Lipinski definition) is 4. The summed E-state index contributed by atoms with van der Waals surface area (Å²) in [5.74, 6) is -0.859. The maximum absolute atomic E-state index is 13.6. The molecule has 1 aromatic rings. The van der Waals surface area contributed by atoms with Crippen LogP contribution in [-0.4, -0.2) is 36.5 Å². The summed E-state index contributed by atoms with van der Waals surface area (Å²) in [4.78, 5) is 13.9. The maximum Gasteiger partial charge on any atom is 0.238 e. The second-order valence-electron chi connectivity index (χ2n) is 4.97. The van der Waals surface area contributed by atoms with Crippen LogP contribution in [-0.2, 0) is 4.79 Å². The molecular weight excluding hydrogens is 259 g/mol. The van der Waals surface area contributed by atoms with Gasteiger partial charge in [0.2, 0.25) is 5.91 Å². The number of likely N-dealkylation sites (tertiary alicyclic amines) is 1. The van der Waals surface area contributed by atoms with Crippen molar-refractivity contribution in [2.24, 2.45) is 5.73 Å². The van der Waals surface area contributed by atoms with Crippen molar-refractivity contribution < 1.29 is 9.18 Å². The van der Waals surface area contributed by atoms with E-state index >= 15 is 0 Å². The Hall–Kier alpha value is -1.97. The summed E-state index contributed by atoms with van der Waals surface area (Å²) in [6, 6.07) is 6.04. The molecule has 0 radical (unpaired) electrons. The number of nitriles is 1. The van der Waals surface area contributed by atoms with Crippen molar-refractivity contribution in [3.05, 3.63) is 29.6 Å². The van der Waals surface area contributed by atoms with Crippen LogP contribution >= 0.6 is 0 Å². The van der Waals surface area contributed by atoms with Crippen molar-refractivity contribution in [3.63, 3.8) is 0 Å². The first-order valence-electron chi connectivity index (χ1n) is 6.56. The zero-order valence-electron chi connectivity index (χ0n) is 11.1. The summed E-state index contributed by atoms with van der Waals surface area (Å²) in [6.45, 7) is 1.79. The quantitative estimate of drug-likeness (QED) is 0.864. The first-order chi connectivity index (χ1) is 9.58. The molecule has 1 aliphatic heterocycles. The SMILES string of the molecule is N#Cc1ccc(NC(=O)CN2CCC(N)CC2)c(F)c1. The molecule has 0 unspecified atom stereocenters. The lowest BCUT2D eigenvalue weighted by atomic mass is 10.1. The molecule has 1 heterocycles. The molecule has 6 heteroatoms. The van der Waals surface area contributed by atoms with E-state index in [0.717, 1.165) is 32.0 Å². The fraction of sp³-hybridized carbons (Fsp3) is 0.429. The largest absolute Gasteiger partial charge is 0.328 e. The van der Waals surface area contributed by atoms with Gasteiger partial charge >= 0.3 is 0 Å². The number of rotatable bonds is 3. The van der Waals surface area contributed by atoms with Crippen molar-refractivity contribution in [2.45, 2.75) is 18.9 Å². The summed E-state index contributed by atoms with van der Waals surface area (Å²) >= 11 is 0. The second kappa shape index (κ2) is 6.46. The van der Waals surface area contributed by atoms with Gasteiger partial charge in [-0.3, -0.25) is 9.69 Å². The number of nitrogens with two attached hydrogens (primary N) is 1. The molecule has 0 saturated carbocycles. The molecular formula is C14H17FN4O. The average molecular weight is 276 g/mol. The predicted molar refractivity (Wildman–Crippen MR) is 73.4 cm³/mol. The first-order valence-corrected chi connectivity index (χ1v) is 6.56. The normalized spacial score (nSPS) is 16.6. The zero-order valence-corrected chi connectivity index (χ0v) is 11.1. The minimum absolute atomic E-state index is 0.0997. The summed E-state index contributed by atoms with van der Waals surface area (Å²) in [7, 11) is 0. The summed E-state index contributed by atoms with van der Waals surface area (Å²) in [5.41, 5.74) is 6.12. The third-order valence-corrected chi connectivity index (χ3v) is 3.37. The third kappa shape index (κ3) is 3.76. The summed E-state index contributed by atoms with van der Waals surface area (Å²) < 4.78 is 13.6. The van der Waals surface area contributed by atoms with Crippen LogP contribution in [0.15, 0.2) is 18.2 Å². The number of carbonyl (C=O) groups is 1. The molecule has 106 valence electrons. The Morgan fingerprint density at radius 1 is 1.50 bits per heavy atom. The molecule has 0 spiro atoms. The molecule has 1 aromatic carbocycles. The van der Waals surface area contributed by atoms with E-state index in [9.17, 15) is 9.18 Å². The Bertz CT molecular complexity index is 532. The smallest absolute Gasteiger partial charge is 0.238 e. The van der Waals surface area contributed by atoms with Crippen LogP contribution < -0.4 is 11.1 Å². The van der Waals surface area contributed by atoms with Crippen LogP contribution in [0.25, 0.3) is 0 Å². The molecule has 1 amide bonds. The lowest BCUT2D eigenvalue weighted by molar-refractivity contribution is -0.117. The zero-order chi connectivity index (χ0) is 14.5. The number of piperidine rings is 1. The monoisotopic (exact) mass is 276 g/mol. The maximum atomic E-state index is 13.6. The molecule has 0 aromatic heterocycles. The fourth-order valence-electron chi connectivity index (χ4n) is 2.19. The van der Waals surface area contributed by atoms with Gasteiger partial charge in [0.25, 0.3) is 0 Å². The Labute approximate surface area is 117 Å². The van der Waals surface area contributed by atoms with Crippen LogP contribution in [0.1, 0.15) is 18.4 Å². The summed E-state index contributed by atoms with van der Waals surface area (Å²) in [5, 5.41) is 11.2. The topological polar surface area (TPSA) is 82.2 Å². The fourth-order valence-corrected chi connectivity index (χ4v) is 2.19. The second-order valence-corrected chi connectivity index (χ2v) is 4.97. The highest BCUT2D eigenvalue weighted by molar-refractivity contribution is 5.92. The van der Waals surface area contributed by atoms with Crippen molar-refractivity contribution in [1.29, 1.82) is 5.26 Å². The lowest BCUT2D eigenvalue weighted by Crippen LogP contribution is -2.43. The van der Waals surface area contributed by atoms with E-state index in [1.807, 2.05) is 11.0 Å². The Morgan fingerprint density at radius 2 is 2.20 bits per heavy atom. The van der Waals surface area contributed by atoms with Gasteiger partial charge in [0.05, 0.1) is 23.9 Å². The molecule has 3 N–H and O–H groups in total. The molecule has 2 rings (SSSR count). The minimum Gasteiger partial charge on any atom is -0.328 e. The van der Waals surface area contributed by atoms with Gasteiger partial charge in [0, 0.05) is 19.1 Å². The van der Waals surface area contributed by atoms with Gasteiger partial charge < -0.3 is 11.1 Å². The van der Waals surface area contributed by atoms with Gasteiger partial charge in [-0.1, -0.05) is 0 Å². The molecule has 1 aliphatic rings. The number of halogens is 1. The minimum atomic E-state index is -0.599. The van der Waals surface area contributed by atoms with Crippen molar-refractivity contribution >= 4 is 11.6 Å². The molecule has 0 aliphatic carbocycles. The standard InChI is InChI=1S/C14H17FN4O/c15-12-7-10(8-16)1-2-13(12)18-14(20)9-19-5-3-11(17)4-6-19/h1-2,7,11H,3-6,9,17H2,(H,18,20). The van der Waals surface area contributed by atoms with E-state index < -0.39 is 5.82 Å². The molecule has 0 bridgehead atoms. The van der Waals surface area contributed by atoms with Gasteiger partial charge in [-0.15, -0.1) is 0 Å². The first kappa shape index (κ1) is 14.4. The van der Waals surface area contributed by atoms with Crippen LogP contribution in [0.4, 0.5) is 10.1 Å². The van der Waals surface area contributed by atoms with Crippen molar-refractivity contribution in [1.82, 2.24) is 4.90 Å². The van der Waals surface area contributed by atoms with Crippen LogP contribution in [0.5, 0.6) is 0 Å². The van der Waals surface area contributed by atoms with E-state index in [1.54, 1.807) is 0 Å².